The van der Waals surface area contributed by atoms with E-state index in [2.05, 4.69) is 5.32 Å². The summed E-state index contributed by atoms with van der Waals surface area (Å²) in [6, 6.07) is 5.08. The van der Waals surface area contributed by atoms with Crippen molar-refractivity contribution >= 4 is 29.5 Å². The smallest absolute Gasteiger partial charge is 0.412 e. The second-order valence-corrected chi connectivity index (χ2v) is 7.27. The van der Waals surface area contributed by atoms with Crippen LogP contribution in [0, 0.1) is 0 Å². The number of halogens is 1. The Balaban J connectivity index is 2.87. The highest BCUT2D eigenvalue weighted by Crippen LogP contribution is 2.24. The molecular weight excluding hydrogens is 320 g/mol. The van der Waals surface area contributed by atoms with Gasteiger partial charge >= 0.3 is 12.2 Å². The first-order valence-corrected chi connectivity index (χ1v) is 7.52. The van der Waals surface area contributed by atoms with Crippen LogP contribution in [0.15, 0.2) is 18.2 Å². The number of rotatable bonds is 4. The van der Waals surface area contributed by atoms with E-state index in [0.717, 1.165) is 5.56 Å². The van der Waals surface area contributed by atoms with Crippen molar-refractivity contribution in [3.05, 3.63) is 28.8 Å². The standard InChI is InChI=1S/C16H23ClN2O4/c1-15(2,3)23-14(21)19-12-7-10(6-11(17)8-12)9-16(4,5)22-13(18)20/h6-8H,9H2,1-5H3,(H2,18,20)(H,19,21). The van der Waals surface area contributed by atoms with Gasteiger partial charge in [0.05, 0.1) is 0 Å². The van der Waals surface area contributed by atoms with Crippen molar-refractivity contribution in [1.82, 2.24) is 0 Å². The number of carbonyl (C=O) groups excluding carboxylic acids is 2. The van der Waals surface area contributed by atoms with Crippen LogP contribution in [0.2, 0.25) is 5.02 Å². The maximum atomic E-state index is 11.8. The Hall–Kier alpha value is -1.95. The lowest BCUT2D eigenvalue weighted by Gasteiger charge is -2.24. The van der Waals surface area contributed by atoms with Gasteiger partial charge in [-0.1, -0.05) is 11.6 Å². The molecule has 2 amide bonds. The summed E-state index contributed by atoms with van der Waals surface area (Å²) >= 11 is 6.08. The summed E-state index contributed by atoms with van der Waals surface area (Å²) in [7, 11) is 0. The van der Waals surface area contributed by atoms with E-state index >= 15 is 0 Å². The number of amides is 2. The van der Waals surface area contributed by atoms with E-state index in [1.807, 2.05) is 0 Å². The molecule has 0 heterocycles. The topological polar surface area (TPSA) is 90.7 Å². The second-order valence-electron chi connectivity index (χ2n) is 6.83. The molecular formula is C16H23ClN2O4. The van der Waals surface area contributed by atoms with Gasteiger partial charge in [0.25, 0.3) is 0 Å². The molecule has 1 aromatic rings. The molecule has 0 bridgehead atoms. The summed E-state index contributed by atoms with van der Waals surface area (Å²) in [5, 5.41) is 3.08. The van der Waals surface area contributed by atoms with Crippen molar-refractivity contribution in [2.24, 2.45) is 5.73 Å². The van der Waals surface area contributed by atoms with Crippen LogP contribution in [-0.2, 0) is 15.9 Å². The monoisotopic (exact) mass is 342 g/mol. The molecule has 3 N–H and O–H groups in total. The fourth-order valence-electron chi connectivity index (χ4n) is 2.05. The van der Waals surface area contributed by atoms with Gasteiger partial charge in [-0.05, 0) is 58.4 Å². The number of hydrogen-bond donors (Lipinski definition) is 2. The van der Waals surface area contributed by atoms with Crippen molar-refractivity contribution in [1.29, 1.82) is 0 Å². The summed E-state index contributed by atoms with van der Waals surface area (Å²) in [6.07, 6.45) is -1.03. The SMILES string of the molecule is CC(C)(C)OC(=O)Nc1cc(Cl)cc(CC(C)(C)OC(N)=O)c1. The quantitative estimate of drug-likeness (QED) is 0.861. The molecule has 0 aliphatic carbocycles. The average Bonchev–Trinajstić information content (AvgIpc) is 2.20. The third-order valence-electron chi connectivity index (χ3n) is 2.61. The summed E-state index contributed by atoms with van der Waals surface area (Å²) in [5.41, 5.74) is 4.95. The van der Waals surface area contributed by atoms with Crippen molar-refractivity contribution in [2.75, 3.05) is 5.32 Å². The zero-order valence-corrected chi connectivity index (χ0v) is 14.8. The second kappa shape index (κ2) is 7.08. The minimum absolute atomic E-state index is 0.388. The molecule has 0 radical (unpaired) electrons. The van der Waals surface area contributed by atoms with Gasteiger partial charge in [0.15, 0.2) is 0 Å². The summed E-state index contributed by atoms with van der Waals surface area (Å²) in [6.45, 7) is 8.80. The van der Waals surface area contributed by atoms with Crippen LogP contribution in [0.3, 0.4) is 0 Å². The maximum absolute atomic E-state index is 11.8. The fraction of sp³-hybridized carbons (Fsp3) is 0.500. The van der Waals surface area contributed by atoms with Gasteiger partial charge in [0.2, 0.25) is 0 Å². The fourth-order valence-corrected chi connectivity index (χ4v) is 2.30. The molecule has 0 aliphatic heterocycles. The Labute approximate surface area is 141 Å². The van der Waals surface area contributed by atoms with E-state index in [0.29, 0.717) is 17.1 Å². The van der Waals surface area contributed by atoms with Crippen LogP contribution in [-0.4, -0.2) is 23.4 Å². The first-order valence-electron chi connectivity index (χ1n) is 7.14. The summed E-state index contributed by atoms with van der Waals surface area (Å²) in [4.78, 5) is 22.7. The Morgan fingerprint density at radius 1 is 1.13 bits per heavy atom. The third kappa shape index (κ3) is 7.74. The highest BCUT2D eigenvalue weighted by molar-refractivity contribution is 6.31. The lowest BCUT2D eigenvalue weighted by molar-refractivity contribution is 0.0460. The van der Waals surface area contributed by atoms with Crippen molar-refractivity contribution in [2.45, 2.75) is 52.2 Å². The van der Waals surface area contributed by atoms with Gasteiger partial charge in [-0.15, -0.1) is 0 Å². The van der Waals surface area contributed by atoms with Gasteiger partial charge < -0.3 is 15.2 Å². The van der Waals surface area contributed by atoms with Crippen molar-refractivity contribution < 1.29 is 19.1 Å². The van der Waals surface area contributed by atoms with E-state index < -0.39 is 23.4 Å². The molecule has 0 aliphatic rings. The highest BCUT2D eigenvalue weighted by atomic mass is 35.5. The van der Waals surface area contributed by atoms with E-state index in [1.54, 1.807) is 52.8 Å². The van der Waals surface area contributed by atoms with Crippen LogP contribution < -0.4 is 11.1 Å². The van der Waals surface area contributed by atoms with Gasteiger partial charge in [0.1, 0.15) is 11.2 Å². The predicted molar refractivity (Wildman–Crippen MR) is 89.8 cm³/mol. The van der Waals surface area contributed by atoms with E-state index in [1.165, 1.54) is 0 Å². The maximum Gasteiger partial charge on any atom is 0.412 e. The van der Waals surface area contributed by atoms with Crippen LogP contribution in [0.5, 0.6) is 0 Å². The van der Waals surface area contributed by atoms with Gasteiger partial charge in [-0.2, -0.15) is 0 Å². The van der Waals surface area contributed by atoms with Crippen molar-refractivity contribution in [3.63, 3.8) is 0 Å². The van der Waals surface area contributed by atoms with Gasteiger partial charge in [0, 0.05) is 17.1 Å². The van der Waals surface area contributed by atoms with Gasteiger partial charge in [-0.25, -0.2) is 9.59 Å². The number of nitrogens with two attached hydrogens (primary N) is 1. The zero-order chi connectivity index (χ0) is 17.8. The number of benzene rings is 1. The lowest BCUT2D eigenvalue weighted by atomic mass is 9.98. The van der Waals surface area contributed by atoms with Crippen molar-refractivity contribution in [3.8, 4) is 0 Å². The molecule has 1 rings (SSSR count). The molecule has 7 heteroatoms. The Bertz CT molecular complexity index is 594. The largest absolute Gasteiger partial charge is 0.444 e. The van der Waals surface area contributed by atoms with Gasteiger partial charge in [-0.3, -0.25) is 5.32 Å². The molecule has 128 valence electrons. The minimum Gasteiger partial charge on any atom is -0.444 e. The number of ether oxygens (including phenoxy) is 2. The normalized spacial score (nSPS) is 11.7. The number of nitrogens with one attached hydrogen (secondary N) is 1. The Morgan fingerprint density at radius 3 is 2.26 bits per heavy atom. The number of carbonyl (C=O) groups is 2. The minimum atomic E-state index is -0.843. The first-order chi connectivity index (χ1) is 10.4. The first kappa shape index (κ1) is 19.1. The molecule has 0 unspecified atom stereocenters. The highest BCUT2D eigenvalue weighted by Gasteiger charge is 2.23. The zero-order valence-electron chi connectivity index (χ0n) is 14.0. The number of primary amides is 1. The van der Waals surface area contributed by atoms with E-state index in [4.69, 9.17) is 26.8 Å². The molecule has 0 spiro atoms. The molecule has 0 fully saturated rings. The number of hydrogen-bond acceptors (Lipinski definition) is 4. The van der Waals surface area contributed by atoms with E-state index in [-0.39, 0.29) is 0 Å². The molecule has 1 aromatic carbocycles. The van der Waals surface area contributed by atoms with Crippen LogP contribution >= 0.6 is 11.6 Å². The Kier molecular flexibility index (Phi) is 5.88. The summed E-state index contributed by atoms with van der Waals surface area (Å²) in [5.74, 6) is 0. The molecule has 0 saturated heterocycles. The molecule has 23 heavy (non-hydrogen) atoms. The predicted octanol–water partition coefficient (Wildman–Crippen LogP) is 4.10. The number of anilines is 1. The Morgan fingerprint density at radius 2 is 1.74 bits per heavy atom. The van der Waals surface area contributed by atoms with Crippen LogP contribution in [0.1, 0.15) is 40.2 Å². The van der Waals surface area contributed by atoms with Crippen LogP contribution in [0.25, 0.3) is 0 Å². The molecule has 0 aromatic heterocycles. The molecule has 0 saturated carbocycles. The third-order valence-corrected chi connectivity index (χ3v) is 2.83. The van der Waals surface area contributed by atoms with E-state index in [9.17, 15) is 9.59 Å². The van der Waals surface area contributed by atoms with Crippen LogP contribution in [0.4, 0.5) is 15.3 Å². The molecule has 0 atom stereocenters. The lowest BCUT2D eigenvalue weighted by Crippen LogP contribution is -2.33. The average molecular weight is 343 g/mol. The summed E-state index contributed by atoms with van der Waals surface area (Å²) < 4.78 is 10.2. The molecule has 6 nitrogen and oxygen atoms in total.